The lowest BCUT2D eigenvalue weighted by Crippen LogP contribution is -2.15. The fraction of sp³-hybridized carbons (Fsp3) is 0.182. The van der Waals surface area contributed by atoms with Crippen LogP contribution in [0.1, 0.15) is 5.56 Å². The summed E-state index contributed by atoms with van der Waals surface area (Å²) in [6.07, 6.45) is 0.269. The summed E-state index contributed by atoms with van der Waals surface area (Å²) >= 11 is 0. The van der Waals surface area contributed by atoms with Crippen molar-refractivity contribution in [2.75, 3.05) is 5.94 Å². The van der Waals surface area contributed by atoms with Crippen molar-refractivity contribution < 1.29 is 22.5 Å². The number of rotatable bonds is 5. The minimum atomic E-state index is -4.31. The van der Waals surface area contributed by atoms with Crippen LogP contribution in [0.5, 0.6) is 0 Å². The van der Waals surface area contributed by atoms with Gasteiger partial charge in [-0.1, -0.05) is 36.9 Å². The highest BCUT2D eigenvalue weighted by Gasteiger charge is 2.13. The zero-order chi connectivity index (χ0) is 12.9. The molecule has 1 aromatic carbocycles. The number of hydrogen-bond donors (Lipinski definition) is 1. The summed E-state index contributed by atoms with van der Waals surface area (Å²) in [5.74, 6) is -1.90. The van der Waals surface area contributed by atoms with Crippen LogP contribution in [0, 0.1) is 0 Å². The van der Waals surface area contributed by atoms with E-state index in [1.165, 1.54) is 0 Å². The molecule has 0 fully saturated rings. The maximum atomic E-state index is 11.3. The summed E-state index contributed by atoms with van der Waals surface area (Å²) in [6, 6.07) is 9.07. The van der Waals surface area contributed by atoms with E-state index in [0.717, 1.165) is 5.56 Å². The monoisotopic (exact) mass is 256 g/mol. The second-order valence-electron chi connectivity index (χ2n) is 3.40. The quantitative estimate of drug-likeness (QED) is 0.486. The van der Waals surface area contributed by atoms with Crippen molar-refractivity contribution in [3.8, 4) is 0 Å². The Hall–Kier alpha value is -1.66. The second-order valence-corrected chi connectivity index (χ2v) is 4.80. The lowest BCUT2D eigenvalue weighted by Gasteiger charge is -2.05. The van der Waals surface area contributed by atoms with Crippen molar-refractivity contribution in [1.29, 1.82) is 0 Å². The molecule has 17 heavy (non-hydrogen) atoms. The molecule has 0 heterocycles. The molecule has 1 N–H and O–H groups in total. The number of hydrogen-bond acceptors (Lipinski definition) is 4. The topological polar surface area (TPSA) is 80.7 Å². The molecule has 6 heteroatoms. The third-order valence-electron chi connectivity index (χ3n) is 1.89. The summed E-state index contributed by atoms with van der Waals surface area (Å²) in [5, 5.41) is 0. The van der Waals surface area contributed by atoms with Crippen molar-refractivity contribution in [3.63, 3.8) is 0 Å². The second kappa shape index (κ2) is 5.60. The first-order chi connectivity index (χ1) is 7.88. The average molecular weight is 256 g/mol. The van der Waals surface area contributed by atoms with Gasteiger partial charge < -0.3 is 4.74 Å². The van der Waals surface area contributed by atoms with Crippen LogP contribution in [0.4, 0.5) is 0 Å². The molecule has 0 aromatic heterocycles. The minimum absolute atomic E-state index is 0.125. The molecule has 0 amide bonds. The first-order valence-electron chi connectivity index (χ1n) is 4.72. The van der Waals surface area contributed by atoms with Crippen LogP contribution in [0.25, 0.3) is 0 Å². The van der Waals surface area contributed by atoms with E-state index in [1.807, 2.05) is 18.2 Å². The van der Waals surface area contributed by atoms with Gasteiger partial charge in [-0.2, -0.15) is 8.42 Å². The molecule has 0 bridgehead atoms. The Morgan fingerprint density at radius 3 is 2.41 bits per heavy atom. The van der Waals surface area contributed by atoms with Crippen LogP contribution < -0.4 is 0 Å². The van der Waals surface area contributed by atoms with E-state index >= 15 is 0 Å². The normalized spacial score (nSPS) is 10.9. The Morgan fingerprint density at radius 2 is 1.88 bits per heavy atom. The van der Waals surface area contributed by atoms with E-state index < -0.39 is 22.0 Å². The predicted octanol–water partition coefficient (Wildman–Crippen LogP) is 1.17. The summed E-state index contributed by atoms with van der Waals surface area (Å²) in [5.41, 5.74) is 0.987. The molecule has 0 aliphatic carbocycles. The summed E-state index contributed by atoms with van der Waals surface area (Å²) in [6.45, 7) is 3.50. The number of carbonyl (C=O) groups is 1. The number of carbonyl (C=O) groups excluding carboxylic acids is 1. The minimum Gasteiger partial charge on any atom is -0.443 e. The summed E-state index contributed by atoms with van der Waals surface area (Å²) in [4.78, 5) is 11.3. The van der Waals surface area contributed by atoms with Gasteiger partial charge in [0.15, 0.2) is 0 Å². The summed E-state index contributed by atoms with van der Waals surface area (Å²) in [7, 11) is -4.31. The van der Waals surface area contributed by atoms with Gasteiger partial charge in [-0.25, -0.2) is 4.79 Å². The van der Waals surface area contributed by atoms with Gasteiger partial charge in [-0.15, -0.1) is 0 Å². The molecule has 0 spiro atoms. The first kappa shape index (κ1) is 13.4. The Labute approximate surface area is 99.5 Å². The molecule has 5 nitrogen and oxygen atoms in total. The van der Waals surface area contributed by atoms with Crippen LogP contribution in [0.2, 0.25) is 0 Å². The molecule has 0 aliphatic heterocycles. The molecule has 0 saturated heterocycles. The molecule has 0 aliphatic rings. The fourth-order valence-corrected chi connectivity index (χ4v) is 1.40. The Bertz CT molecular complexity index is 504. The maximum absolute atomic E-state index is 11.3. The zero-order valence-corrected chi connectivity index (χ0v) is 9.81. The molecule has 1 rings (SSSR count). The van der Waals surface area contributed by atoms with Crippen molar-refractivity contribution in [2.45, 2.75) is 6.42 Å². The van der Waals surface area contributed by atoms with Gasteiger partial charge in [0.05, 0.1) is 0 Å². The standard InChI is InChI=1S/C11H12O5S/c1-9(7-10-5-3-2-4-6-10)11(12)16-8-17(13,14)15/h2-6H,1,7-8H2,(H,13,14,15). The van der Waals surface area contributed by atoms with Crippen LogP contribution >= 0.6 is 0 Å². The summed E-state index contributed by atoms with van der Waals surface area (Å²) < 4.78 is 33.5. The van der Waals surface area contributed by atoms with E-state index in [0.29, 0.717) is 0 Å². The molecule has 0 saturated carbocycles. The fourth-order valence-electron chi connectivity index (χ4n) is 1.14. The molecule has 92 valence electrons. The SMILES string of the molecule is C=C(Cc1ccccc1)C(=O)OCS(=O)(=O)O. The third-order valence-corrected chi connectivity index (χ3v) is 2.30. The van der Waals surface area contributed by atoms with Crippen molar-refractivity contribution >= 4 is 16.1 Å². The van der Waals surface area contributed by atoms with Gasteiger partial charge in [0, 0.05) is 12.0 Å². The highest BCUT2D eigenvalue weighted by molar-refractivity contribution is 7.85. The molecular weight excluding hydrogens is 244 g/mol. The Balaban J connectivity index is 2.51. The molecule has 0 radical (unpaired) electrons. The van der Waals surface area contributed by atoms with E-state index in [-0.39, 0.29) is 12.0 Å². The lowest BCUT2D eigenvalue weighted by molar-refractivity contribution is -0.137. The van der Waals surface area contributed by atoms with Crippen LogP contribution in [0.15, 0.2) is 42.5 Å². The van der Waals surface area contributed by atoms with Gasteiger partial charge in [-0.05, 0) is 5.56 Å². The van der Waals surface area contributed by atoms with E-state index in [1.54, 1.807) is 12.1 Å². The smallest absolute Gasteiger partial charge is 0.334 e. The van der Waals surface area contributed by atoms with Crippen molar-refractivity contribution in [1.82, 2.24) is 0 Å². The van der Waals surface area contributed by atoms with E-state index in [2.05, 4.69) is 11.3 Å². The van der Waals surface area contributed by atoms with Crippen LogP contribution in [-0.4, -0.2) is 24.9 Å². The number of benzene rings is 1. The maximum Gasteiger partial charge on any atom is 0.334 e. The highest BCUT2D eigenvalue weighted by atomic mass is 32.2. The average Bonchev–Trinajstić information content (AvgIpc) is 2.26. The van der Waals surface area contributed by atoms with Gasteiger partial charge in [0.2, 0.25) is 5.94 Å². The zero-order valence-electron chi connectivity index (χ0n) is 9.00. The lowest BCUT2D eigenvalue weighted by atomic mass is 10.1. The molecular formula is C11H12O5S. The van der Waals surface area contributed by atoms with Crippen molar-refractivity contribution in [3.05, 3.63) is 48.0 Å². The van der Waals surface area contributed by atoms with E-state index in [4.69, 9.17) is 4.55 Å². The van der Waals surface area contributed by atoms with Gasteiger partial charge in [0.1, 0.15) is 0 Å². The predicted molar refractivity (Wildman–Crippen MR) is 61.8 cm³/mol. The van der Waals surface area contributed by atoms with Crippen molar-refractivity contribution in [2.24, 2.45) is 0 Å². The third kappa shape index (κ3) is 5.28. The Morgan fingerprint density at radius 1 is 1.29 bits per heavy atom. The van der Waals surface area contributed by atoms with Gasteiger partial charge in [-0.3, -0.25) is 4.55 Å². The molecule has 0 atom stereocenters. The van der Waals surface area contributed by atoms with E-state index in [9.17, 15) is 13.2 Å². The molecule has 1 aromatic rings. The van der Waals surface area contributed by atoms with Crippen LogP contribution in [0.3, 0.4) is 0 Å². The Kier molecular flexibility index (Phi) is 4.42. The number of esters is 1. The van der Waals surface area contributed by atoms with Gasteiger partial charge >= 0.3 is 16.1 Å². The highest BCUT2D eigenvalue weighted by Crippen LogP contribution is 2.07. The first-order valence-corrected chi connectivity index (χ1v) is 6.33. The molecule has 0 unspecified atom stereocenters. The number of ether oxygens (including phenoxy) is 1. The van der Waals surface area contributed by atoms with Gasteiger partial charge in [0.25, 0.3) is 0 Å². The largest absolute Gasteiger partial charge is 0.443 e. The van der Waals surface area contributed by atoms with Crippen LogP contribution in [-0.2, 0) is 26.1 Å².